The van der Waals surface area contributed by atoms with Gasteiger partial charge in [-0.15, -0.1) is 19.7 Å². The Morgan fingerprint density at radius 1 is 0.895 bits per heavy atom. The van der Waals surface area contributed by atoms with Crippen molar-refractivity contribution >= 4 is 25.4 Å². The third-order valence-corrected chi connectivity index (χ3v) is 12.8. The zero-order chi connectivity index (χ0) is 15.2. The first-order chi connectivity index (χ1) is 8.66. The molecule has 0 aromatic carbocycles. The van der Waals surface area contributed by atoms with Gasteiger partial charge < -0.3 is 12.7 Å². The Morgan fingerprint density at radius 3 is 1.58 bits per heavy atom. The van der Waals surface area contributed by atoms with Crippen LogP contribution in [0.15, 0.2) is 37.2 Å². The molecule has 0 unspecified atom stereocenters. The molecule has 0 saturated carbocycles. The maximum atomic E-state index is 6.32. The molecule has 0 N–H and O–H groups in total. The fourth-order valence-corrected chi connectivity index (χ4v) is 11.2. The lowest BCUT2D eigenvalue weighted by Gasteiger charge is -2.39. The Labute approximate surface area is 121 Å². The van der Waals surface area contributed by atoms with Crippen LogP contribution in [0.2, 0.25) is 32.2 Å². The van der Waals surface area contributed by atoms with Crippen molar-refractivity contribution < 1.29 is 12.7 Å². The summed E-state index contributed by atoms with van der Waals surface area (Å²) in [5, 5.41) is 0. The van der Waals surface area contributed by atoms with Gasteiger partial charge in [0.05, 0.1) is 0 Å². The minimum atomic E-state index is -2.75. The molecule has 110 valence electrons. The number of rotatable bonds is 10. The first-order valence-corrected chi connectivity index (χ1v) is 14.5. The van der Waals surface area contributed by atoms with Crippen LogP contribution in [0.4, 0.5) is 0 Å². The molecule has 0 atom stereocenters. The van der Waals surface area contributed by atoms with Gasteiger partial charge in [-0.3, -0.25) is 0 Å². The average molecular weight is 317 g/mol. The van der Waals surface area contributed by atoms with Gasteiger partial charge in [0.1, 0.15) is 0 Å². The van der Waals surface area contributed by atoms with Gasteiger partial charge in [-0.05, 0) is 33.1 Å². The highest BCUT2D eigenvalue weighted by molar-refractivity contribution is 6.89. The molecule has 19 heavy (non-hydrogen) atoms. The van der Waals surface area contributed by atoms with Crippen LogP contribution < -0.4 is 0 Å². The fraction of sp³-hybridized carbons (Fsp3) is 0.538. The van der Waals surface area contributed by atoms with Crippen molar-refractivity contribution in [2.45, 2.75) is 39.2 Å². The van der Waals surface area contributed by atoms with Crippen LogP contribution in [0, 0.1) is 0 Å². The zero-order valence-corrected chi connectivity index (χ0v) is 16.0. The Kier molecular flexibility index (Phi) is 7.41. The molecule has 0 bridgehead atoms. The molecule has 6 heteroatoms. The van der Waals surface area contributed by atoms with Crippen LogP contribution in [0.3, 0.4) is 0 Å². The van der Waals surface area contributed by atoms with Crippen molar-refractivity contribution in [3.8, 4) is 0 Å². The molecule has 0 aliphatic carbocycles. The summed E-state index contributed by atoms with van der Waals surface area (Å²) in [4.78, 5) is 0. The van der Waals surface area contributed by atoms with E-state index in [1.54, 1.807) is 0 Å². The highest BCUT2D eigenvalue weighted by atomic mass is 28.5. The summed E-state index contributed by atoms with van der Waals surface area (Å²) < 4.78 is 18.6. The third-order valence-electron chi connectivity index (χ3n) is 2.58. The molecule has 0 fully saturated rings. The number of hydrogen-bond acceptors (Lipinski definition) is 3. The first-order valence-electron chi connectivity index (χ1n) is 6.58. The van der Waals surface area contributed by atoms with Gasteiger partial charge in [0.15, 0.2) is 0 Å². The van der Waals surface area contributed by atoms with Gasteiger partial charge in [-0.2, -0.15) is 0 Å². The highest BCUT2D eigenvalue weighted by Crippen LogP contribution is 2.26. The second-order valence-corrected chi connectivity index (χ2v) is 16.4. The monoisotopic (exact) mass is 316 g/mol. The van der Waals surface area contributed by atoms with Crippen LogP contribution >= 0.6 is 0 Å². The number of allylic oxidation sites excluding steroid dienone is 1. The van der Waals surface area contributed by atoms with Gasteiger partial charge in [-0.25, -0.2) is 0 Å². The van der Waals surface area contributed by atoms with E-state index in [4.69, 9.17) is 12.7 Å². The molecule has 0 aromatic rings. The molecule has 0 rings (SSSR count). The van der Waals surface area contributed by atoms with Crippen LogP contribution in [-0.2, 0) is 12.7 Å². The van der Waals surface area contributed by atoms with E-state index in [2.05, 4.69) is 45.9 Å². The van der Waals surface area contributed by atoms with Crippen molar-refractivity contribution in [2.24, 2.45) is 0 Å². The maximum absolute atomic E-state index is 6.32. The summed E-state index contributed by atoms with van der Waals surface area (Å²) in [6, 6.07) is 0.620. The first kappa shape index (κ1) is 18.8. The minimum absolute atomic E-state index is 0.573. The Balaban J connectivity index is 5.34. The fourth-order valence-electron chi connectivity index (χ4n) is 1.50. The maximum Gasteiger partial charge on any atom is 0.484 e. The van der Waals surface area contributed by atoms with Crippen molar-refractivity contribution in [1.29, 1.82) is 0 Å². The van der Waals surface area contributed by atoms with Crippen molar-refractivity contribution in [2.75, 3.05) is 6.61 Å². The second kappa shape index (κ2) is 7.51. The van der Waals surface area contributed by atoms with Crippen molar-refractivity contribution in [3.05, 3.63) is 37.2 Å². The highest BCUT2D eigenvalue weighted by Gasteiger charge is 2.47. The van der Waals surface area contributed by atoms with E-state index in [0.717, 1.165) is 0 Å². The lowest BCUT2D eigenvalue weighted by Crippen LogP contribution is -2.57. The van der Waals surface area contributed by atoms with Crippen LogP contribution in [0.25, 0.3) is 0 Å². The summed E-state index contributed by atoms with van der Waals surface area (Å²) in [5.74, 6) is 0. The van der Waals surface area contributed by atoms with E-state index >= 15 is 0 Å². The summed E-state index contributed by atoms with van der Waals surface area (Å²) in [5.41, 5.74) is 3.81. The van der Waals surface area contributed by atoms with Crippen LogP contribution in [-0.4, -0.2) is 32.0 Å². The summed E-state index contributed by atoms with van der Waals surface area (Å²) >= 11 is 0. The van der Waals surface area contributed by atoms with Gasteiger partial charge >= 0.3 is 8.80 Å². The topological polar surface area (TPSA) is 27.7 Å². The van der Waals surface area contributed by atoms with E-state index in [0.29, 0.717) is 12.7 Å². The third kappa shape index (κ3) is 6.64. The summed E-state index contributed by atoms with van der Waals surface area (Å²) in [7, 11) is -6.71. The van der Waals surface area contributed by atoms with Crippen molar-refractivity contribution in [1.82, 2.24) is 0 Å². The molecule has 0 saturated heterocycles. The molecular formula is C13H28O3Si3. The van der Waals surface area contributed by atoms with Gasteiger partial charge in [0.25, 0.3) is 0 Å². The van der Waals surface area contributed by atoms with Crippen LogP contribution in [0.5, 0.6) is 0 Å². The molecule has 0 amide bonds. The molecule has 0 aliphatic heterocycles. The van der Waals surface area contributed by atoms with E-state index < -0.39 is 25.4 Å². The van der Waals surface area contributed by atoms with E-state index in [-0.39, 0.29) is 0 Å². The zero-order valence-electron chi connectivity index (χ0n) is 13.0. The van der Waals surface area contributed by atoms with E-state index in [9.17, 15) is 0 Å². The Bertz CT molecular complexity index is 305. The molecule has 0 aliphatic rings. The molecular weight excluding hydrogens is 288 g/mol. The SMILES string of the molecule is C=CC[Si](OCC)(O[Si](C)(C)C=C)O[Si](C)(C)C=C. The summed E-state index contributed by atoms with van der Waals surface area (Å²) in [6.45, 7) is 22.5. The standard InChI is InChI=1S/C13H28O3Si3/c1-9-13-19(14-10-2,15-17(5,6)11-3)16-18(7,8)12-4/h9,11-12H,1,3-4,10,13H2,2,5-8H3. The van der Waals surface area contributed by atoms with Crippen molar-refractivity contribution in [3.63, 3.8) is 0 Å². The minimum Gasteiger partial charge on any atom is -0.412 e. The number of hydrogen-bond donors (Lipinski definition) is 0. The molecule has 0 heterocycles. The second-order valence-electron chi connectivity index (χ2n) is 5.43. The Morgan fingerprint density at radius 2 is 1.32 bits per heavy atom. The van der Waals surface area contributed by atoms with Gasteiger partial charge in [0.2, 0.25) is 16.6 Å². The van der Waals surface area contributed by atoms with E-state index in [1.807, 2.05) is 24.4 Å². The molecule has 3 nitrogen and oxygen atoms in total. The quantitative estimate of drug-likeness (QED) is 0.450. The predicted molar refractivity (Wildman–Crippen MR) is 89.9 cm³/mol. The normalized spacial score (nSPS) is 13.1. The predicted octanol–water partition coefficient (Wildman–Crippen LogP) is 4.04. The lowest BCUT2D eigenvalue weighted by atomic mass is 10.8. The molecule has 0 spiro atoms. The summed E-state index contributed by atoms with van der Waals surface area (Å²) in [6.07, 6.45) is 1.82. The average Bonchev–Trinajstić information content (AvgIpc) is 2.28. The van der Waals surface area contributed by atoms with Gasteiger partial charge in [-0.1, -0.05) is 17.5 Å². The smallest absolute Gasteiger partial charge is 0.412 e. The van der Waals surface area contributed by atoms with Gasteiger partial charge in [0, 0.05) is 12.7 Å². The Hall–Kier alpha value is -0.249. The van der Waals surface area contributed by atoms with E-state index in [1.165, 1.54) is 0 Å². The van der Waals surface area contributed by atoms with Crippen LogP contribution in [0.1, 0.15) is 6.92 Å². The molecule has 0 radical (unpaired) electrons. The largest absolute Gasteiger partial charge is 0.484 e. The molecule has 0 aromatic heterocycles. The lowest BCUT2D eigenvalue weighted by molar-refractivity contribution is 0.174.